The van der Waals surface area contributed by atoms with Crippen molar-refractivity contribution >= 4 is 17.5 Å². The molecule has 1 unspecified atom stereocenters. The third-order valence-corrected chi connectivity index (χ3v) is 5.38. The molecule has 160 valence electrons. The molecule has 0 spiro atoms. The molecule has 1 aliphatic carbocycles. The van der Waals surface area contributed by atoms with E-state index in [0.29, 0.717) is 17.1 Å². The zero-order valence-corrected chi connectivity index (χ0v) is 18.3. The Kier molecular flexibility index (Phi) is 6.69. The van der Waals surface area contributed by atoms with Crippen LogP contribution in [-0.2, 0) is 4.74 Å². The van der Waals surface area contributed by atoms with Crippen molar-refractivity contribution in [2.45, 2.75) is 19.4 Å². The highest BCUT2D eigenvalue weighted by Crippen LogP contribution is 2.31. The van der Waals surface area contributed by atoms with E-state index in [-0.39, 0.29) is 11.6 Å². The minimum absolute atomic E-state index is 0.0699. The van der Waals surface area contributed by atoms with Crippen LogP contribution in [-0.4, -0.2) is 6.04 Å². The molecule has 0 amide bonds. The quantitative estimate of drug-likeness (QED) is 0.486. The Morgan fingerprint density at radius 1 is 0.939 bits per heavy atom. The van der Waals surface area contributed by atoms with Crippen LogP contribution in [0.3, 0.4) is 0 Å². The normalized spacial score (nSPS) is 16.9. The fourth-order valence-corrected chi connectivity index (χ4v) is 3.84. The van der Waals surface area contributed by atoms with Crippen LogP contribution >= 0.6 is 0 Å². The lowest BCUT2D eigenvalue weighted by Gasteiger charge is -2.32. The Balaban J connectivity index is 1.58. The molecule has 2 aromatic rings. The summed E-state index contributed by atoms with van der Waals surface area (Å²) in [5.41, 5.74) is 3.92. The lowest BCUT2D eigenvalue weighted by molar-refractivity contribution is 0.318. The predicted molar refractivity (Wildman–Crippen MR) is 132 cm³/mol. The molecule has 4 nitrogen and oxygen atoms in total. The van der Waals surface area contributed by atoms with Gasteiger partial charge in [-0.1, -0.05) is 60.7 Å². The maximum Gasteiger partial charge on any atom is 0.137 e. The average molecular weight is 430 g/mol. The van der Waals surface area contributed by atoms with E-state index in [1.54, 1.807) is 19.1 Å². The number of ether oxygens (including phenoxy) is 1. The third kappa shape index (κ3) is 5.21. The first kappa shape index (κ1) is 21.7. The smallest absolute Gasteiger partial charge is 0.137 e. The van der Waals surface area contributed by atoms with Crippen LogP contribution in [0.5, 0.6) is 0 Å². The molecule has 0 radical (unpaired) electrons. The zero-order chi connectivity index (χ0) is 23.0. The summed E-state index contributed by atoms with van der Waals surface area (Å²) in [6, 6.07) is 22.9. The molecule has 0 saturated heterocycles. The summed E-state index contributed by atoms with van der Waals surface area (Å²) in [5, 5.41) is 18.3. The van der Waals surface area contributed by atoms with E-state index in [9.17, 15) is 0 Å². The highest BCUT2D eigenvalue weighted by molar-refractivity contribution is 5.67. The molecule has 4 rings (SSSR count). The highest BCUT2D eigenvalue weighted by Gasteiger charge is 2.18. The molecular formula is C29H23N3O. The molecule has 1 aliphatic heterocycles. The van der Waals surface area contributed by atoms with Gasteiger partial charge in [0.2, 0.25) is 0 Å². The second-order valence-corrected chi connectivity index (χ2v) is 7.70. The second kappa shape index (κ2) is 10.2. The summed E-state index contributed by atoms with van der Waals surface area (Å²) < 4.78 is 5.74. The zero-order valence-electron chi connectivity index (χ0n) is 18.3. The molecule has 1 atom stereocenters. The third-order valence-electron chi connectivity index (χ3n) is 5.38. The molecule has 0 aromatic heterocycles. The van der Waals surface area contributed by atoms with Gasteiger partial charge in [-0.05, 0) is 61.4 Å². The van der Waals surface area contributed by atoms with Crippen LogP contribution in [0.2, 0.25) is 0 Å². The largest absolute Gasteiger partial charge is 0.462 e. The highest BCUT2D eigenvalue weighted by atomic mass is 16.5. The molecule has 2 aromatic carbocycles. The number of hydrogen-bond donors (Lipinski definition) is 0. The first-order chi connectivity index (χ1) is 16.2. The number of benzene rings is 2. The maximum atomic E-state index is 9.15. The molecule has 2 aliphatic rings. The van der Waals surface area contributed by atoms with Crippen molar-refractivity contribution in [2.75, 3.05) is 4.90 Å². The number of nitrogens with zero attached hydrogens (tertiary/aromatic N) is 3. The summed E-state index contributed by atoms with van der Waals surface area (Å²) in [7, 11) is 0. The molecule has 1 heterocycles. The van der Waals surface area contributed by atoms with E-state index in [2.05, 4.69) is 77.7 Å². The van der Waals surface area contributed by atoms with Crippen molar-refractivity contribution in [2.24, 2.45) is 0 Å². The van der Waals surface area contributed by atoms with E-state index in [0.717, 1.165) is 23.4 Å². The van der Waals surface area contributed by atoms with Crippen LogP contribution < -0.4 is 4.90 Å². The van der Waals surface area contributed by atoms with Crippen molar-refractivity contribution in [1.29, 1.82) is 10.5 Å². The van der Waals surface area contributed by atoms with Crippen LogP contribution in [0.1, 0.15) is 18.9 Å². The molecule has 0 fully saturated rings. The van der Waals surface area contributed by atoms with Crippen molar-refractivity contribution in [1.82, 2.24) is 0 Å². The van der Waals surface area contributed by atoms with Gasteiger partial charge < -0.3 is 9.64 Å². The summed E-state index contributed by atoms with van der Waals surface area (Å²) in [6.07, 6.45) is 16.8. The number of para-hydroxylation sites is 1. The van der Waals surface area contributed by atoms with Gasteiger partial charge in [0.05, 0.1) is 6.04 Å². The Bertz CT molecular complexity index is 1260. The van der Waals surface area contributed by atoms with Crippen LogP contribution in [0.25, 0.3) is 6.08 Å². The van der Waals surface area contributed by atoms with E-state index in [1.807, 2.05) is 30.4 Å². The van der Waals surface area contributed by atoms with Gasteiger partial charge in [0.15, 0.2) is 0 Å². The Labute approximate surface area is 194 Å². The van der Waals surface area contributed by atoms with E-state index in [1.165, 1.54) is 0 Å². The Morgan fingerprint density at radius 3 is 2.33 bits per heavy atom. The van der Waals surface area contributed by atoms with Gasteiger partial charge >= 0.3 is 0 Å². The predicted octanol–water partition coefficient (Wildman–Crippen LogP) is 6.88. The summed E-state index contributed by atoms with van der Waals surface area (Å²) in [6.45, 7) is 1.80. The fourth-order valence-electron chi connectivity index (χ4n) is 3.84. The molecular weight excluding hydrogens is 406 g/mol. The standard InChI is InChI=1S/C29H23N3O/c1-22-18-24(25(20-30)21-31)19-29(33-22)17-14-23-12-15-28(16-13-23)32(26-8-4-2-5-9-26)27-10-6-3-7-11-27/h2-10,12-19,27H,11H2,1H3/b17-14+. The van der Waals surface area contributed by atoms with Crippen molar-refractivity contribution < 1.29 is 4.74 Å². The molecule has 0 bridgehead atoms. The second-order valence-electron chi connectivity index (χ2n) is 7.70. The minimum Gasteiger partial charge on any atom is -0.462 e. The van der Waals surface area contributed by atoms with Gasteiger partial charge in [-0.25, -0.2) is 0 Å². The molecule has 0 N–H and O–H groups in total. The summed E-state index contributed by atoms with van der Waals surface area (Å²) >= 11 is 0. The van der Waals surface area contributed by atoms with Crippen molar-refractivity contribution in [3.63, 3.8) is 0 Å². The van der Waals surface area contributed by atoms with E-state index < -0.39 is 0 Å². The van der Waals surface area contributed by atoms with Crippen LogP contribution in [0.4, 0.5) is 11.4 Å². The maximum absolute atomic E-state index is 9.15. The number of nitriles is 2. The first-order valence-corrected chi connectivity index (χ1v) is 10.8. The SMILES string of the molecule is CC1=CC(=C(C#N)C#N)C=C(/C=C/c2ccc(N(c3ccccc3)C3C=CC=CC3)cc2)O1. The van der Waals surface area contributed by atoms with Gasteiger partial charge in [0, 0.05) is 16.9 Å². The summed E-state index contributed by atoms with van der Waals surface area (Å²) in [4.78, 5) is 2.34. The van der Waals surface area contributed by atoms with Gasteiger partial charge in [-0.2, -0.15) is 10.5 Å². The minimum atomic E-state index is 0.0699. The van der Waals surface area contributed by atoms with E-state index >= 15 is 0 Å². The van der Waals surface area contributed by atoms with Gasteiger partial charge in [0.25, 0.3) is 0 Å². The van der Waals surface area contributed by atoms with Crippen molar-refractivity contribution in [3.05, 3.63) is 125 Å². The fraction of sp³-hybridized carbons (Fsp3) is 0.103. The number of rotatable bonds is 5. The molecule has 33 heavy (non-hydrogen) atoms. The van der Waals surface area contributed by atoms with Crippen LogP contribution in [0, 0.1) is 22.7 Å². The molecule has 0 saturated carbocycles. The molecule has 4 heteroatoms. The topological polar surface area (TPSA) is 60.0 Å². The first-order valence-electron chi connectivity index (χ1n) is 10.8. The average Bonchev–Trinajstić information content (AvgIpc) is 2.86. The number of allylic oxidation sites excluding steroid dienone is 8. The number of anilines is 2. The summed E-state index contributed by atoms with van der Waals surface area (Å²) in [5.74, 6) is 1.22. The monoisotopic (exact) mass is 429 g/mol. The lowest BCUT2D eigenvalue weighted by Crippen LogP contribution is -2.29. The number of hydrogen-bond acceptors (Lipinski definition) is 4. The van der Waals surface area contributed by atoms with Gasteiger partial charge in [-0.3, -0.25) is 0 Å². The Hall–Kier alpha value is -4.54. The van der Waals surface area contributed by atoms with Gasteiger partial charge in [-0.15, -0.1) is 0 Å². The van der Waals surface area contributed by atoms with Gasteiger partial charge in [0.1, 0.15) is 29.2 Å². The van der Waals surface area contributed by atoms with Crippen LogP contribution in [0.15, 0.2) is 120 Å². The van der Waals surface area contributed by atoms with E-state index in [4.69, 9.17) is 15.3 Å². The lowest BCUT2D eigenvalue weighted by atomic mass is 10.0. The Morgan fingerprint density at radius 2 is 1.67 bits per heavy atom. The van der Waals surface area contributed by atoms with Crippen molar-refractivity contribution in [3.8, 4) is 12.1 Å².